The monoisotopic (exact) mass is 257 g/mol. The van der Waals surface area contributed by atoms with E-state index in [2.05, 4.69) is 22.4 Å². The van der Waals surface area contributed by atoms with Crippen LogP contribution in [0.1, 0.15) is 18.0 Å². The first-order valence-corrected chi connectivity index (χ1v) is 6.34. The van der Waals surface area contributed by atoms with E-state index in [1.165, 1.54) is 0 Å². The maximum Gasteiger partial charge on any atom is 0.214 e. The summed E-state index contributed by atoms with van der Waals surface area (Å²) in [6.07, 6.45) is 2.59. The number of nitrogens with one attached hydrogen (secondary N) is 1. The summed E-state index contributed by atoms with van der Waals surface area (Å²) in [7, 11) is 1.61. The molecule has 0 aliphatic rings. The minimum absolute atomic E-state index is 0.0532. The first-order valence-electron chi connectivity index (χ1n) is 6.34. The number of rotatable bonds is 6. The topological polar surface area (TPSA) is 60.2 Å². The number of anilines is 1. The van der Waals surface area contributed by atoms with Gasteiger partial charge in [-0.25, -0.2) is 4.98 Å². The minimum Gasteiger partial charge on any atom is -0.481 e. The molecule has 100 valence electrons. The predicted octanol–water partition coefficient (Wildman–Crippen LogP) is 2.59. The molecule has 1 heterocycles. The molecule has 0 spiro atoms. The molecule has 1 unspecified atom stereocenters. The van der Waals surface area contributed by atoms with Gasteiger partial charge in [0.25, 0.3) is 0 Å². The Labute approximate surface area is 113 Å². The SMILES string of the molecule is COc1cc(NCCC(N)c2ccccc2)ccn1. The molecule has 4 nitrogen and oxygen atoms in total. The van der Waals surface area contributed by atoms with Crippen LogP contribution in [-0.2, 0) is 0 Å². The van der Waals surface area contributed by atoms with Crippen LogP contribution in [0.25, 0.3) is 0 Å². The van der Waals surface area contributed by atoms with Crippen molar-refractivity contribution in [2.75, 3.05) is 19.0 Å². The number of nitrogens with two attached hydrogens (primary N) is 1. The fraction of sp³-hybridized carbons (Fsp3) is 0.267. The maximum absolute atomic E-state index is 6.14. The lowest BCUT2D eigenvalue weighted by atomic mass is 10.1. The third kappa shape index (κ3) is 3.96. The second kappa shape index (κ2) is 6.75. The summed E-state index contributed by atoms with van der Waals surface area (Å²) < 4.78 is 5.08. The number of methoxy groups -OCH3 is 1. The van der Waals surface area contributed by atoms with Gasteiger partial charge in [-0.15, -0.1) is 0 Å². The van der Waals surface area contributed by atoms with E-state index in [-0.39, 0.29) is 6.04 Å². The Bertz CT molecular complexity index is 502. The summed E-state index contributed by atoms with van der Waals surface area (Å²) in [5.74, 6) is 0.609. The van der Waals surface area contributed by atoms with Gasteiger partial charge in [0.1, 0.15) is 0 Å². The van der Waals surface area contributed by atoms with Crippen LogP contribution in [0.2, 0.25) is 0 Å². The van der Waals surface area contributed by atoms with E-state index < -0.39 is 0 Å². The molecule has 0 aliphatic heterocycles. The molecule has 1 atom stereocenters. The third-order valence-electron chi connectivity index (χ3n) is 2.96. The van der Waals surface area contributed by atoms with Crippen molar-refractivity contribution < 1.29 is 4.74 Å². The highest BCUT2D eigenvalue weighted by Crippen LogP contribution is 2.16. The van der Waals surface area contributed by atoms with Crippen LogP contribution in [0.5, 0.6) is 5.88 Å². The summed E-state index contributed by atoms with van der Waals surface area (Å²) in [5, 5.41) is 3.32. The molecule has 1 aromatic carbocycles. The Kier molecular flexibility index (Phi) is 4.75. The number of hydrogen-bond donors (Lipinski definition) is 2. The fourth-order valence-electron chi connectivity index (χ4n) is 1.87. The van der Waals surface area contributed by atoms with Crippen LogP contribution in [-0.4, -0.2) is 18.6 Å². The molecule has 0 aliphatic carbocycles. The Hall–Kier alpha value is -2.07. The molecule has 2 rings (SSSR count). The van der Waals surface area contributed by atoms with E-state index in [9.17, 15) is 0 Å². The zero-order valence-corrected chi connectivity index (χ0v) is 11.0. The van der Waals surface area contributed by atoms with Crippen LogP contribution in [0.3, 0.4) is 0 Å². The molecule has 0 saturated heterocycles. The van der Waals surface area contributed by atoms with E-state index >= 15 is 0 Å². The van der Waals surface area contributed by atoms with Crippen molar-refractivity contribution >= 4 is 5.69 Å². The van der Waals surface area contributed by atoms with E-state index in [1.54, 1.807) is 13.3 Å². The first-order chi connectivity index (χ1) is 9.29. The first kappa shape index (κ1) is 13.4. The Morgan fingerprint density at radius 1 is 1.26 bits per heavy atom. The zero-order chi connectivity index (χ0) is 13.5. The lowest BCUT2D eigenvalue weighted by molar-refractivity contribution is 0.398. The molecule has 0 saturated carbocycles. The Morgan fingerprint density at radius 2 is 2.05 bits per heavy atom. The highest BCUT2D eigenvalue weighted by Gasteiger charge is 2.04. The van der Waals surface area contributed by atoms with Crippen LogP contribution in [0.15, 0.2) is 48.7 Å². The third-order valence-corrected chi connectivity index (χ3v) is 2.96. The van der Waals surface area contributed by atoms with Crippen LogP contribution >= 0.6 is 0 Å². The molecular weight excluding hydrogens is 238 g/mol. The van der Waals surface area contributed by atoms with Crippen LogP contribution in [0.4, 0.5) is 5.69 Å². The highest BCUT2D eigenvalue weighted by atomic mass is 16.5. The molecule has 0 radical (unpaired) electrons. The second-order valence-corrected chi connectivity index (χ2v) is 4.32. The smallest absolute Gasteiger partial charge is 0.214 e. The minimum atomic E-state index is 0.0532. The van der Waals surface area contributed by atoms with Crippen molar-refractivity contribution in [2.45, 2.75) is 12.5 Å². The normalized spacial score (nSPS) is 11.9. The number of nitrogens with zero attached hydrogens (tertiary/aromatic N) is 1. The highest BCUT2D eigenvalue weighted by molar-refractivity contribution is 5.44. The number of benzene rings is 1. The summed E-state index contributed by atoms with van der Waals surface area (Å²) in [4.78, 5) is 4.06. The molecule has 0 fully saturated rings. The molecule has 0 bridgehead atoms. The van der Waals surface area contributed by atoms with E-state index in [4.69, 9.17) is 10.5 Å². The maximum atomic E-state index is 6.14. The van der Waals surface area contributed by atoms with E-state index in [1.807, 2.05) is 30.3 Å². The van der Waals surface area contributed by atoms with Gasteiger partial charge in [0, 0.05) is 30.5 Å². The van der Waals surface area contributed by atoms with Gasteiger partial charge in [0.15, 0.2) is 0 Å². The average molecular weight is 257 g/mol. The van der Waals surface area contributed by atoms with E-state index in [0.29, 0.717) is 5.88 Å². The Balaban J connectivity index is 1.83. The van der Waals surface area contributed by atoms with Gasteiger partial charge in [-0.3, -0.25) is 0 Å². The number of pyridine rings is 1. The summed E-state index contributed by atoms with van der Waals surface area (Å²) in [6, 6.07) is 14.0. The number of aromatic nitrogens is 1. The largest absolute Gasteiger partial charge is 0.481 e. The molecule has 0 amide bonds. The van der Waals surface area contributed by atoms with Crippen molar-refractivity contribution in [2.24, 2.45) is 5.73 Å². The molecular formula is C15H19N3O. The lowest BCUT2D eigenvalue weighted by Crippen LogP contribution is -2.15. The van der Waals surface area contributed by atoms with Gasteiger partial charge in [-0.05, 0) is 18.1 Å². The predicted molar refractivity (Wildman–Crippen MR) is 77.3 cm³/mol. The van der Waals surface area contributed by atoms with Gasteiger partial charge < -0.3 is 15.8 Å². The van der Waals surface area contributed by atoms with Crippen molar-refractivity contribution in [3.8, 4) is 5.88 Å². The van der Waals surface area contributed by atoms with Gasteiger partial charge in [-0.1, -0.05) is 30.3 Å². The van der Waals surface area contributed by atoms with Gasteiger partial charge >= 0.3 is 0 Å². The standard InChI is InChI=1S/C15H19N3O/c1-19-15-11-13(7-9-18-15)17-10-8-14(16)12-5-3-2-4-6-12/h2-7,9,11,14H,8,10,16H2,1H3,(H,17,18). The summed E-state index contributed by atoms with van der Waals surface area (Å²) >= 11 is 0. The fourth-order valence-corrected chi connectivity index (χ4v) is 1.87. The number of ether oxygens (including phenoxy) is 1. The Morgan fingerprint density at radius 3 is 2.79 bits per heavy atom. The molecule has 2 aromatic rings. The van der Waals surface area contributed by atoms with Crippen molar-refractivity contribution in [1.82, 2.24) is 4.98 Å². The summed E-state index contributed by atoms with van der Waals surface area (Å²) in [6.45, 7) is 0.809. The van der Waals surface area contributed by atoms with Gasteiger partial charge in [0.05, 0.1) is 7.11 Å². The van der Waals surface area contributed by atoms with Crippen LogP contribution < -0.4 is 15.8 Å². The van der Waals surface area contributed by atoms with Gasteiger partial charge in [-0.2, -0.15) is 0 Å². The van der Waals surface area contributed by atoms with Crippen molar-refractivity contribution in [1.29, 1.82) is 0 Å². The second-order valence-electron chi connectivity index (χ2n) is 4.32. The molecule has 4 heteroatoms. The molecule has 1 aromatic heterocycles. The van der Waals surface area contributed by atoms with Crippen molar-refractivity contribution in [3.63, 3.8) is 0 Å². The van der Waals surface area contributed by atoms with Gasteiger partial charge in [0.2, 0.25) is 5.88 Å². The lowest BCUT2D eigenvalue weighted by Gasteiger charge is -2.13. The molecule has 3 N–H and O–H groups in total. The van der Waals surface area contributed by atoms with Crippen molar-refractivity contribution in [3.05, 3.63) is 54.2 Å². The quantitative estimate of drug-likeness (QED) is 0.835. The molecule has 19 heavy (non-hydrogen) atoms. The van der Waals surface area contributed by atoms with E-state index in [0.717, 1.165) is 24.2 Å². The summed E-state index contributed by atoms with van der Waals surface area (Å²) in [5.41, 5.74) is 8.29. The zero-order valence-electron chi connectivity index (χ0n) is 11.0. The van der Waals surface area contributed by atoms with Crippen LogP contribution in [0, 0.1) is 0 Å². The number of hydrogen-bond acceptors (Lipinski definition) is 4. The average Bonchev–Trinajstić information content (AvgIpc) is 2.48.